The normalized spacial score (nSPS) is 18.9. The summed E-state index contributed by atoms with van der Waals surface area (Å²) in [6.45, 7) is 4.54. The summed E-state index contributed by atoms with van der Waals surface area (Å²) in [5.74, 6) is 0.759. The Labute approximate surface area is 119 Å². The third-order valence-corrected chi connectivity index (χ3v) is 3.55. The lowest BCUT2D eigenvalue weighted by Gasteiger charge is -2.22. The highest BCUT2D eigenvalue weighted by atomic mass is 16.5. The van der Waals surface area contributed by atoms with Crippen LogP contribution in [0.2, 0.25) is 0 Å². The van der Waals surface area contributed by atoms with E-state index in [0.717, 1.165) is 36.6 Å². The standard InChI is InChI=1S/C16H19N3O/c1-2-12-3-5-13(6-4-12)14-7-8-18-16(19-14)15-11-17-9-10-20-15/h3-8,15,17H,2,9-11H2,1H3. The molecule has 0 aliphatic carbocycles. The summed E-state index contributed by atoms with van der Waals surface area (Å²) in [4.78, 5) is 8.99. The van der Waals surface area contributed by atoms with Crippen LogP contribution in [0.3, 0.4) is 0 Å². The summed E-state index contributed by atoms with van der Waals surface area (Å²) in [5.41, 5.74) is 3.41. The quantitative estimate of drug-likeness (QED) is 0.929. The van der Waals surface area contributed by atoms with Gasteiger partial charge in [0.25, 0.3) is 0 Å². The molecule has 2 heterocycles. The lowest BCUT2D eigenvalue weighted by atomic mass is 10.1. The average Bonchev–Trinajstić information content (AvgIpc) is 2.56. The van der Waals surface area contributed by atoms with E-state index in [0.29, 0.717) is 6.61 Å². The molecule has 1 fully saturated rings. The van der Waals surface area contributed by atoms with Gasteiger partial charge in [-0.1, -0.05) is 31.2 Å². The fourth-order valence-corrected chi connectivity index (χ4v) is 2.33. The Hall–Kier alpha value is -1.78. The molecule has 0 spiro atoms. The number of hydrogen-bond donors (Lipinski definition) is 1. The van der Waals surface area contributed by atoms with Gasteiger partial charge in [-0.05, 0) is 18.1 Å². The second kappa shape index (κ2) is 6.11. The molecule has 3 rings (SSSR count). The molecule has 1 aliphatic heterocycles. The summed E-state index contributed by atoms with van der Waals surface area (Å²) in [7, 11) is 0. The third-order valence-electron chi connectivity index (χ3n) is 3.55. The second-order valence-corrected chi connectivity index (χ2v) is 4.91. The van der Waals surface area contributed by atoms with Crippen LogP contribution in [0.1, 0.15) is 24.4 Å². The van der Waals surface area contributed by atoms with Crippen molar-refractivity contribution in [2.75, 3.05) is 19.7 Å². The minimum absolute atomic E-state index is 0.0429. The summed E-state index contributed by atoms with van der Waals surface area (Å²) in [6.07, 6.45) is 2.82. The number of aromatic nitrogens is 2. The van der Waals surface area contributed by atoms with E-state index in [-0.39, 0.29) is 6.10 Å². The molecule has 2 aromatic rings. The van der Waals surface area contributed by atoms with Crippen molar-refractivity contribution >= 4 is 0 Å². The zero-order valence-corrected chi connectivity index (χ0v) is 11.7. The van der Waals surface area contributed by atoms with Crippen LogP contribution in [0.4, 0.5) is 0 Å². The topological polar surface area (TPSA) is 47.0 Å². The summed E-state index contributed by atoms with van der Waals surface area (Å²) in [5, 5.41) is 3.30. The zero-order valence-electron chi connectivity index (χ0n) is 11.7. The maximum Gasteiger partial charge on any atom is 0.159 e. The van der Waals surface area contributed by atoms with Crippen LogP contribution < -0.4 is 5.32 Å². The van der Waals surface area contributed by atoms with E-state index in [1.807, 2.05) is 12.3 Å². The Bertz CT molecular complexity index is 562. The molecule has 1 aromatic heterocycles. The summed E-state index contributed by atoms with van der Waals surface area (Å²) < 4.78 is 5.70. The number of ether oxygens (including phenoxy) is 1. The van der Waals surface area contributed by atoms with Crippen molar-refractivity contribution in [1.29, 1.82) is 0 Å². The minimum atomic E-state index is -0.0429. The molecule has 0 radical (unpaired) electrons. The van der Waals surface area contributed by atoms with Crippen molar-refractivity contribution in [1.82, 2.24) is 15.3 Å². The van der Waals surface area contributed by atoms with Crippen molar-refractivity contribution in [3.63, 3.8) is 0 Å². The SMILES string of the molecule is CCc1ccc(-c2ccnc(C3CNCCO3)n2)cc1. The van der Waals surface area contributed by atoms with Crippen molar-refractivity contribution in [2.24, 2.45) is 0 Å². The van der Waals surface area contributed by atoms with Gasteiger partial charge in [-0.15, -0.1) is 0 Å². The van der Waals surface area contributed by atoms with Crippen molar-refractivity contribution in [2.45, 2.75) is 19.4 Å². The van der Waals surface area contributed by atoms with Crippen molar-refractivity contribution in [3.8, 4) is 11.3 Å². The Morgan fingerprint density at radius 2 is 2.10 bits per heavy atom. The molecule has 0 saturated carbocycles. The molecule has 4 nitrogen and oxygen atoms in total. The number of benzene rings is 1. The Balaban J connectivity index is 1.85. The number of hydrogen-bond acceptors (Lipinski definition) is 4. The van der Waals surface area contributed by atoms with Crippen LogP contribution in [0.5, 0.6) is 0 Å². The Morgan fingerprint density at radius 1 is 1.25 bits per heavy atom. The van der Waals surface area contributed by atoms with E-state index < -0.39 is 0 Å². The maximum absolute atomic E-state index is 5.70. The van der Waals surface area contributed by atoms with E-state index in [1.165, 1.54) is 5.56 Å². The minimum Gasteiger partial charge on any atom is -0.368 e. The van der Waals surface area contributed by atoms with Gasteiger partial charge in [0.1, 0.15) is 6.10 Å². The van der Waals surface area contributed by atoms with Gasteiger partial charge in [-0.3, -0.25) is 0 Å². The molecule has 1 aliphatic rings. The van der Waals surface area contributed by atoms with Crippen molar-refractivity contribution < 1.29 is 4.74 Å². The van der Waals surface area contributed by atoms with Gasteiger partial charge >= 0.3 is 0 Å². The van der Waals surface area contributed by atoms with Gasteiger partial charge in [0.15, 0.2) is 5.82 Å². The van der Waals surface area contributed by atoms with E-state index >= 15 is 0 Å². The van der Waals surface area contributed by atoms with E-state index in [9.17, 15) is 0 Å². The van der Waals surface area contributed by atoms with Gasteiger partial charge in [-0.2, -0.15) is 0 Å². The van der Waals surface area contributed by atoms with Crippen LogP contribution >= 0.6 is 0 Å². The van der Waals surface area contributed by atoms with E-state index in [1.54, 1.807) is 0 Å². The number of morpholine rings is 1. The molecule has 4 heteroatoms. The fourth-order valence-electron chi connectivity index (χ4n) is 2.33. The number of rotatable bonds is 3. The van der Waals surface area contributed by atoms with E-state index in [4.69, 9.17) is 4.74 Å². The number of aryl methyl sites for hydroxylation is 1. The van der Waals surface area contributed by atoms with Crippen LogP contribution in [-0.2, 0) is 11.2 Å². The second-order valence-electron chi connectivity index (χ2n) is 4.91. The molecular weight excluding hydrogens is 250 g/mol. The van der Waals surface area contributed by atoms with E-state index in [2.05, 4.69) is 46.5 Å². The van der Waals surface area contributed by atoms with Crippen LogP contribution in [0.25, 0.3) is 11.3 Å². The van der Waals surface area contributed by atoms with Crippen LogP contribution in [0.15, 0.2) is 36.5 Å². The first-order valence-corrected chi connectivity index (χ1v) is 7.11. The molecule has 1 saturated heterocycles. The molecule has 1 N–H and O–H groups in total. The first-order valence-electron chi connectivity index (χ1n) is 7.11. The fraction of sp³-hybridized carbons (Fsp3) is 0.375. The Morgan fingerprint density at radius 3 is 2.80 bits per heavy atom. The average molecular weight is 269 g/mol. The van der Waals surface area contributed by atoms with Gasteiger partial charge in [0, 0.05) is 24.8 Å². The summed E-state index contributed by atoms with van der Waals surface area (Å²) in [6, 6.07) is 10.5. The lowest BCUT2D eigenvalue weighted by Crippen LogP contribution is -2.34. The van der Waals surface area contributed by atoms with Crippen molar-refractivity contribution in [3.05, 3.63) is 47.9 Å². The smallest absolute Gasteiger partial charge is 0.159 e. The van der Waals surface area contributed by atoms with Crippen LogP contribution in [0, 0.1) is 0 Å². The largest absolute Gasteiger partial charge is 0.368 e. The molecule has 0 bridgehead atoms. The highest BCUT2D eigenvalue weighted by Gasteiger charge is 2.18. The van der Waals surface area contributed by atoms with Gasteiger partial charge in [-0.25, -0.2) is 9.97 Å². The number of nitrogens with one attached hydrogen (secondary N) is 1. The molecule has 20 heavy (non-hydrogen) atoms. The molecule has 1 atom stereocenters. The van der Waals surface area contributed by atoms with Crippen LogP contribution in [-0.4, -0.2) is 29.7 Å². The summed E-state index contributed by atoms with van der Waals surface area (Å²) >= 11 is 0. The first kappa shape index (κ1) is 13.2. The zero-order chi connectivity index (χ0) is 13.8. The van der Waals surface area contributed by atoms with Gasteiger partial charge in [0.05, 0.1) is 12.3 Å². The molecule has 104 valence electrons. The first-order chi connectivity index (χ1) is 9.86. The lowest BCUT2D eigenvalue weighted by molar-refractivity contribution is 0.0222. The Kier molecular flexibility index (Phi) is 4.04. The third kappa shape index (κ3) is 2.86. The molecule has 0 amide bonds. The highest BCUT2D eigenvalue weighted by molar-refractivity contribution is 5.59. The monoisotopic (exact) mass is 269 g/mol. The molecular formula is C16H19N3O. The predicted octanol–water partition coefficient (Wildman–Crippen LogP) is 2.37. The van der Waals surface area contributed by atoms with Gasteiger partial charge in [0.2, 0.25) is 0 Å². The van der Waals surface area contributed by atoms with Gasteiger partial charge < -0.3 is 10.1 Å². The predicted molar refractivity (Wildman–Crippen MR) is 78.4 cm³/mol. The molecule has 1 unspecified atom stereocenters. The highest BCUT2D eigenvalue weighted by Crippen LogP contribution is 2.21. The maximum atomic E-state index is 5.70. The number of nitrogens with zero attached hydrogens (tertiary/aromatic N) is 2. The molecule has 1 aromatic carbocycles.